The van der Waals surface area contributed by atoms with Crippen molar-refractivity contribution >= 4 is 74.0 Å². The van der Waals surface area contributed by atoms with Crippen molar-refractivity contribution in [1.82, 2.24) is 14.9 Å². The van der Waals surface area contributed by atoms with Crippen LogP contribution >= 0.6 is 50.3 Å². The molecule has 0 aliphatic carbocycles. The molecule has 1 amide bonds. The SMILES string of the molecule is Nn1c(N/N=C/c2ccc(Br)cc2)nnc1SCC(=O)Nc1ccc(I)cc1. The van der Waals surface area contributed by atoms with E-state index in [9.17, 15) is 4.79 Å². The van der Waals surface area contributed by atoms with Gasteiger partial charge in [0.2, 0.25) is 11.1 Å². The number of benzene rings is 2. The molecule has 0 spiro atoms. The molecule has 2 aromatic carbocycles. The monoisotopic (exact) mass is 571 g/mol. The molecule has 3 aromatic rings. The first-order valence-corrected chi connectivity index (χ1v) is 10.8. The second kappa shape index (κ2) is 9.89. The molecule has 4 N–H and O–H groups in total. The average Bonchev–Trinajstić information content (AvgIpc) is 3.03. The molecule has 0 unspecified atom stereocenters. The Morgan fingerprint density at radius 2 is 1.93 bits per heavy atom. The van der Waals surface area contributed by atoms with Crippen LogP contribution in [0, 0.1) is 3.57 Å². The minimum atomic E-state index is -0.156. The fraction of sp³-hybridized carbons (Fsp3) is 0.0588. The third-order valence-corrected chi connectivity index (χ3v) is 5.56. The Kier molecular flexibility index (Phi) is 7.28. The third-order valence-electron chi connectivity index (χ3n) is 3.37. The highest BCUT2D eigenvalue weighted by Gasteiger charge is 2.12. The molecule has 0 aliphatic rings. The number of carbonyl (C=O) groups is 1. The molecular weight excluding hydrogens is 557 g/mol. The summed E-state index contributed by atoms with van der Waals surface area (Å²) < 4.78 is 3.35. The average molecular weight is 572 g/mol. The molecule has 0 bridgehead atoms. The standard InChI is InChI=1S/C17H15BrIN7OS/c18-12-3-1-11(2-4-12)9-21-23-16-24-25-17(26(16)20)28-10-15(27)22-14-7-5-13(19)6-8-14/h1-9H,10,20H2,(H,22,27)(H,23,24)/b21-9+. The van der Waals surface area contributed by atoms with Crippen LogP contribution < -0.4 is 16.6 Å². The van der Waals surface area contributed by atoms with E-state index in [0.717, 1.165) is 19.3 Å². The number of nitrogen functional groups attached to an aromatic ring is 1. The number of carbonyl (C=O) groups excluding carboxylic acids is 1. The Morgan fingerprint density at radius 3 is 2.64 bits per heavy atom. The van der Waals surface area contributed by atoms with Gasteiger partial charge in [-0.05, 0) is 64.6 Å². The van der Waals surface area contributed by atoms with Crippen molar-refractivity contribution in [2.24, 2.45) is 5.10 Å². The molecule has 28 heavy (non-hydrogen) atoms. The van der Waals surface area contributed by atoms with Gasteiger partial charge in [-0.2, -0.15) is 5.10 Å². The van der Waals surface area contributed by atoms with Crippen molar-refractivity contribution in [2.75, 3.05) is 22.3 Å². The predicted octanol–water partition coefficient (Wildman–Crippen LogP) is 3.54. The zero-order valence-electron chi connectivity index (χ0n) is 14.3. The smallest absolute Gasteiger partial charge is 0.264 e. The number of rotatable bonds is 7. The number of thioether (sulfide) groups is 1. The number of nitrogens with one attached hydrogen (secondary N) is 2. The van der Waals surface area contributed by atoms with E-state index in [1.54, 1.807) is 6.21 Å². The molecule has 0 radical (unpaired) electrons. The zero-order valence-corrected chi connectivity index (χ0v) is 18.9. The van der Waals surface area contributed by atoms with E-state index in [2.05, 4.69) is 64.6 Å². The highest BCUT2D eigenvalue weighted by Crippen LogP contribution is 2.18. The highest BCUT2D eigenvalue weighted by atomic mass is 127. The number of halogens is 2. The van der Waals surface area contributed by atoms with Crippen LogP contribution in [0.25, 0.3) is 0 Å². The van der Waals surface area contributed by atoms with Crippen LogP contribution in [0.3, 0.4) is 0 Å². The second-order valence-corrected chi connectivity index (χ2v) is 8.55. The number of aromatic nitrogens is 3. The summed E-state index contributed by atoms with van der Waals surface area (Å²) in [6, 6.07) is 15.2. The fourth-order valence-electron chi connectivity index (χ4n) is 2.03. The number of anilines is 2. The third kappa shape index (κ3) is 5.94. The van der Waals surface area contributed by atoms with Crippen molar-refractivity contribution in [3.05, 3.63) is 62.1 Å². The molecule has 0 saturated heterocycles. The fourth-order valence-corrected chi connectivity index (χ4v) is 3.31. The molecule has 3 rings (SSSR count). The summed E-state index contributed by atoms with van der Waals surface area (Å²) in [5.74, 6) is 6.23. The van der Waals surface area contributed by atoms with Crippen LogP contribution in [-0.4, -0.2) is 32.7 Å². The van der Waals surface area contributed by atoms with Gasteiger partial charge >= 0.3 is 0 Å². The van der Waals surface area contributed by atoms with Crippen molar-refractivity contribution in [1.29, 1.82) is 0 Å². The van der Waals surface area contributed by atoms with E-state index < -0.39 is 0 Å². The van der Waals surface area contributed by atoms with Crippen molar-refractivity contribution in [3.8, 4) is 0 Å². The van der Waals surface area contributed by atoms with E-state index in [4.69, 9.17) is 5.84 Å². The van der Waals surface area contributed by atoms with Gasteiger partial charge in [-0.25, -0.2) is 10.1 Å². The lowest BCUT2D eigenvalue weighted by Crippen LogP contribution is -2.16. The summed E-state index contributed by atoms with van der Waals surface area (Å²) in [6.45, 7) is 0. The second-order valence-electron chi connectivity index (χ2n) is 5.44. The van der Waals surface area contributed by atoms with Gasteiger partial charge in [-0.3, -0.25) is 4.79 Å². The number of nitrogens with two attached hydrogens (primary N) is 1. The maximum atomic E-state index is 12.1. The topological polar surface area (TPSA) is 110 Å². The molecule has 0 aliphatic heterocycles. The van der Waals surface area contributed by atoms with Gasteiger partial charge in [0, 0.05) is 13.7 Å². The van der Waals surface area contributed by atoms with Crippen LogP contribution in [0.2, 0.25) is 0 Å². The molecule has 1 heterocycles. The van der Waals surface area contributed by atoms with Gasteiger partial charge in [0.05, 0.1) is 12.0 Å². The summed E-state index contributed by atoms with van der Waals surface area (Å²) in [5, 5.41) is 15.2. The predicted molar refractivity (Wildman–Crippen MR) is 124 cm³/mol. The molecule has 11 heteroatoms. The largest absolute Gasteiger partial charge is 0.334 e. The first kappa shape index (κ1) is 20.6. The van der Waals surface area contributed by atoms with E-state index in [0.29, 0.717) is 5.16 Å². The van der Waals surface area contributed by atoms with E-state index in [1.807, 2.05) is 48.5 Å². The summed E-state index contributed by atoms with van der Waals surface area (Å²) >= 11 is 6.77. The molecule has 144 valence electrons. The van der Waals surface area contributed by atoms with Crippen molar-refractivity contribution in [2.45, 2.75) is 5.16 Å². The van der Waals surface area contributed by atoms with Gasteiger partial charge in [0.1, 0.15) is 0 Å². The first-order chi connectivity index (χ1) is 13.5. The number of hydrogen-bond acceptors (Lipinski definition) is 7. The van der Waals surface area contributed by atoms with Gasteiger partial charge in [-0.1, -0.05) is 39.8 Å². The summed E-state index contributed by atoms with van der Waals surface area (Å²) in [4.78, 5) is 12.1. The van der Waals surface area contributed by atoms with Gasteiger partial charge in [0.25, 0.3) is 5.95 Å². The minimum Gasteiger partial charge on any atom is -0.334 e. The Labute approximate surface area is 187 Å². The molecule has 1 aromatic heterocycles. The van der Waals surface area contributed by atoms with E-state index >= 15 is 0 Å². The van der Waals surface area contributed by atoms with Crippen LogP contribution in [-0.2, 0) is 4.79 Å². The number of amides is 1. The quantitative estimate of drug-likeness (QED) is 0.132. The molecular formula is C17H15BrIN7OS. The summed E-state index contributed by atoms with van der Waals surface area (Å²) in [5.41, 5.74) is 4.39. The molecule has 0 fully saturated rings. The van der Waals surface area contributed by atoms with Crippen LogP contribution in [0.15, 0.2) is 63.3 Å². The Balaban J connectivity index is 1.51. The number of hydrogen-bond donors (Lipinski definition) is 3. The lowest BCUT2D eigenvalue weighted by molar-refractivity contribution is -0.113. The Bertz CT molecular complexity index is 976. The maximum absolute atomic E-state index is 12.1. The van der Waals surface area contributed by atoms with Crippen molar-refractivity contribution in [3.63, 3.8) is 0 Å². The maximum Gasteiger partial charge on any atom is 0.264 e. The first-order valence-electron chi connectivity index (χ1n) is 7.94. The van der Waals surface area contributed by atoms with Crippen LogP contribution in [0.5, 0.6) is 0 Å². The normalized spacial score (nSPS) is 10.9. The Morgan fingerprint density at radius 1 is 1.21 bits per heavy atom. The van der Waals surface area contributed by atoms with Crippen LogP contribution in [0.4, 0.5) is 11.6 Å². The molecule has 8 nitrogen and oxygen atoms in total. The number of nitrogens with zero attached hydrogens (tertiary/aromatic N) is 4. The lowest BCUT2D eigenvalue weighted by atomic mass is 10.2. The van der Waals surface area contributed by atoms with E-state index in [-0.39, 0.29) is 17.6 Å². The Hall–Kier alpha value is -2.12. The summed E-state index contributed by atoms with van der Waals surface area (Å²) in [7, 11) is 0. The van der Waals surface area contributed by atoms with E-state index in [1.165, 1.54) is 16.4 Å². The highest BCUT2D eigenvalue weighted by molar-refractivity contribution is 14.1. The summed E-state index contributed by atoms with van der Waals surface area (Å²) in [6.07, 6.45) is 1.64. The zero-order chi connectivity index (χ0) is 19.9. The minimum absolute atomic E-state index is 0.156. The molecule has 0 saturated carbocycles. The van der Waals surface area contributed by atoms with Crippen LogP contribution in [0.1, 0.15) is 5.56 Å². The molecule has 0 atom stereocenters. The van der Waals surface area contributed by atoms with Gasteiger partial charge < -0.3 is 11.2 Å². The van der Waals surface area contributed by atoms with Gasteiger partial charge in [0.15, 0.2) is 0 Å². The lowest BCUT2D eigenvalue weighted by Gasteiger charge is -2.05. The number of hydrazone groups is 1. The van der Waals surface area contributed by atoms with Crippen molar-refractivity contribution < 1.29 is 4.79 Å². The van der Waals surface area contributed by atoms with Gasteiger partial charge in [-0.15, -0.1) is 10.2 Å².